The number of hydrogen-bond acceptors (Lipinski definition) is 4. The minimum atomic E-state index is -1.83. The number of carbonyl (C=O) groups is 1. The summed E-state index contributed by atoms with van der Waals surface area (Å²) in [6, 6.07) is 0. The Bertz CT molecular complexity index is 388. The third-order valence-corrected chi connectivity index (χ3v) is 3.20. The minimum absolute atomic E-state index is 0.395. The van der Waals surface area contributed by atoms with Crippen LogP contribution in [0.15, 0.2) is 24.3 Å². The van der Waals surface area contributed by atoms with Crippen LogP contribution >= 0.6 is 34.8 Å². The topological polar surface area (TPSA) is 55.8 Å². The highest BCUT2D eigenvalue weighted by atomic mass is 35.6. The van der Waals surface area contributed by atoms with Crippen molar-refractivity contribution in [1.29, 1.82) is 0 Å². The van der Waals surface area contributed by atoms with Crippen LogP contribution in [0.1, 0.15) is 20.3 Å². The fourth-order valence-electron chi connectivity index (χ4n) is 1.52. The lowest BCUT2D eigenvalue weighted by Crippen LogP contribution is -2.46. The lowest BCUT2D eigenvalue weighted by atomic mass is 10.0. The molecule has 1 heterocycles. The molecule has 1 aliphatic rings. The van der Waals surface area contributed by atoms with Gasteiger partial charge in [-0.1, -0.05) is 59.1 Å². The maximum absolute atomic E-state index is 11.7. The second-order valence-corrected chi connectivity index (χ2v) is 6.97. The van der Waals surface area contributed by atoms with Gasteiger partial charge in [-0.15, -0.1) is 0 Å². The van der Waals surface area contributed by atoms with Gasteiger partial charge in [-0.25, -0.2) is 0 Å². The molecule has 20 heavy (non-hydrogen) atoms. The maximum atomic E-state index is 11.7. The molecule has 1 aliphatic heterocycles. The van der Waals surface area contributed by atoms with Crippen LogP contribution in [0.25, 0.3) is 0 Å². The number of aliphatic hydroxyl groups excluding tert-OH is 1. The Kier molecular flexibility index (Phi) is 6.82. The van der Waals surface area contributed by atoms with Crippen molar-refractivity contribution >= 4 is 40.8 Å². The molecule has 4 atom stereocenters. The molecule has 1 rings (SSSR count). The van der Waals surface area contributed by atoms with E-state index < -0.39 is 34.2 Å². The number of esters is 1. The molecule has 4 nitrogen and oxygen atoms in total. The summed E-state index contributed by atoms with van der Waals surface area (Å²) in [6.07, 6.45) is 5.36. The first-order valence-electron chi connectivity index (χ1n) is 6.16. The van der Waals surface area contributed by atoms with E-state index in [-0.39, 0.29) is 0 Å². The summed E-state index contributed by atoms with van der Waals surface area (Å²) in [5.74, 6) is -0.963. The number of ether oxygens (including phenoxy) is 2. The molecule has 0 aromatic heterocycles. The Morgan fingerprint density at radius 2 is 2.05 bits per heavy atom. The van der Waals surface area contributed by atoms with Crippen molar-refractivity contribution in [3.8, 4) is 0 Å². The van der Waals surface area contributed by atoms with Crippen LogP contribution in [0.5, 0.6) is 0 Å². The highest BCUT2D eigenvalue weighted by Gasteiger charge is 2.45. The first-order chi connectivity index (χ1) is 9.21. The highest BCUT2D eigenvalue weighted by Crippen LogP contribution is 2.37. The second kappa shape index (κ2) is 7.66. The average molecular weight is 344 g/mol. The maximum Gasteiger partial charge on any atom is 0.314 e. The van der Waals surface area contributed by atoms with Gasteiger partial charge in [-0.2, -0.15) is 0 Å². The number of halogens is 3. The third kappa shape index (κ3) is 5.62. The largest absolute Gasteiger partial charge is 0.431 e. The van der Waals surface area contributed by atoms with Crippen LogP contribution in [0.4, 0.5) is 0 Å². The molecule has 0 aromatic carbocycles. The quantitative estimate of drug-likeness (QED) is 0.484. The monoisotopic (exact) mass is 342 g/mol. The SMILES string of the molecule is CC(O)C/C=C/C=C/C1OC(C(Cl)(Cl)Cl)OC(=O)C1C. The Balaban J connectivity index is 2.64. The predicted molar refractivity (Wildman–Crippen MR) is 78.8 cm³/mol. The van der Waals surface area contributed by atoms with Gasteiger partial charge in [0.1, 0.15) is 0 Å². The number of rotatable bonds is 4. The molecule has 0 radical (unpaired) electrons. The minimum Gasteiger partial charge on any atom is -0.431 e. The molecule has 1 saturated heterocycles. The van der Waals surface area contributed by atoms with Gasteiger partial charge in [0, 0.05) is 0 Å². The van der Waals surface area contributed by atoms with Crippen LogP contribution in [0.3, 0.4) is 0 Å². The summed E-state index contributed by atoms with van der Waals surface area (Å²) in [7, 11) is 0. The Morgan fingerprint density at radius 1 is 1.40 bits per heavy atom. The smallest absolute Gasteiger partial charge is 0.314 e. The summed E-state index contributed by atoms with van der Waals surface area (Å²) >= 11 is 17.0. The predicted octanol–water partition coefficient (Wildman–Crippen LogP) is 3.14. The van der Waals surface area contributed by atoms with Gasteiger partial charge in [0.25, 0.3) is 10.1 Å². The van der Waals surface area contributed by atoms with E-state index in [1.807, 2.05) is 0 Å². The first-order valence-corrected chi connectivity index (χ1v) is 7.29. The van der Waals surface area contributed by atoms with E-state index in [2.05, 4.69) is 0 Å². The van der Waals surface area contributed by atoms with Gasteiger partial charge < -0.3 is 14.6 Å². The molecule has 0 amide bonds. The van der Waals surface area contributed by atoms with E-state index in [4.69, 9.17) is 49.4 Å². The highest BCUT2D eigenvalue weighted by molar-refractivity contribution is 6.68. The molecule has 1 fully saturated rings. The average Bonchev–Trinajstić information content (AvgIpc) is 2.31. The van der Waals surface area contributed by atoms with E-state index in [0.717, 1.165) is 0 Å². The molecule has 0 aliphatic carbocycles. The number of alkyl halides is 3. The molecule has 0 spiro atoms. The van der Waals surface area contributed by atoms with Crippen molar-refractivity contribution < 1.29 is 19.4 Å². The summed E-state index contributed by atoms with van der Waals surface area (Å²) < 4.78 is 8.53. The molecule has 114 valence electrons. The van der Waals surface area contributed by atoms with Gasteiger partial charge in [0.15, 0.2) is 0 Å². The van der Waals surface area contributed by atoms with Crippen molar-refractivity contribution in [2.75, 3.05) is 0 Å². The van der Waals surface area contributed by atoms with Crippen molar-refractivity contribution in [3.63, 3.8) is 0 Å². The van der Waals surface area contributed by atoms with Crippen LogP contribution in [-0.2, 0) is 14.3 Å². The Labute approximate surface area is 133 Å². The first kappa shape index (κ1) is 17.8. The molecule has 0 saturated carbocycles. The van der Waals surface area contributed by atoms with Crippen LogP contribution in [0.2, 0.25) is 0 Å². The zero-order valence-corrected chi connectivity index (χ0v) is 13.4. The van der Waals surface area contributed by atoms with Gasteiger partial charge in [0.05, 0.1) is 18.1 Å². The van der Waals surface area contributed by atoms with Crippen molar-refractivity contribution in [1.82, 2.24) is 0 Å². The van der Waals surface area contributed by atoms with E-state index in [0.29, 0.717) is 6.42 Å². The molecule has 0 aromatic rings. The van der Waals surface area contributed by atoms with Gasteiger partial charge in [-0.05, 0) is 20.3 Å². The summed E-state index contributed by atoms with van der Waals surface area (Å²) in [4.78, 5) is 11.7. The fraction of sp³-hybridized carbons (Fsp3) is 0.615. The summed E-state index contributed by atoms with van der Waals surface area (Å²) in [6.45, 7) is 3.37. The molecule has 0 bridgehead atoms. The van der Waals surface area contributed by atoms with Crippen molar-refractivity contribution in [2.45, 2.75) is 42.6 Å². The van der Waals surface area contributed by atoms with E-state index in [9.17, 15) is 4.79 Å². The Hall–Kier alpha value is -0.260. The number of aliphatic hydroxyl groups is 1. The van der Waals surface area contributed by atoms with Crippen LogP contribution in [0, 0.1) is 5.92 Å². The van der Waals surface area contributed by atoms with Gasteiger partial charge in [-0.3, -0.25) is 4.79 Å². The normalized spacial score (nSPS) is 29.9. The van der Waals surface area contributed by atoms with Crippen molar-refractivity contribution in [2.24, 2.45) is 5.92 Å². The summed E-state index contributed by atoms with van der Waals surface area (Å²) in [5.41, 5.74) is 0. The molecule has 4 unspecified atom stereocenters. The lowest BCUT2D eigenvalue weighted by Gasteiger charge is -2.35. The standard InChI is InChI=1S/C13H17Cl3O4/c1-8(17)6-4-3-5-7-10-9(2)11(18)20-12(19-10)13(14,15)16/h3-5,7-10,12,17H,6H2,1-2H3/b4-3+,7-5+. The second-order valence-electron chi connectivity index (χ2n) is 4.60. The summed E-state index contributed by atoms with van der Waals surface area (Å²) in [5, 5.41) is 9.10. The van der Waals surface area contributed by atoms with Gasteiger partial charge >= 0.3 is 5.97 Å². The van der Waals surface area contributed by atoms with Crippen LogP contribution < -0.4 is 0 Å². The van der Waals surface area contributed by atoms with Crippen LogP contribution in [-0.4, -0.2) is 33.4 Å². The number of hydrogen-bond donors (Lipinski definition) is 1. The molecular weight excluding hydrogens is 326 g/mol. The van der Waals surface area contributed by atoms with Gasteiger partial charge in [0.2, 0.25) is 0 Å². The molecule has 1 N–H and O–H groups in total. The van der Waals surface area contributed by atoms with Crippen molar-refractivity contribution in [3.05, 3.63) is 24.3 Å². The zero-order valence-electron chi connectivity index (χ0n) is 11.1. The lowest BCUT2D eigenvalue weighted by molar-refractivity contribution is -0.219. The number of cyclic esters (lactones) is 1. The van der Waals surface area contributed by atoms with E-state index in [1.54, 1.807) is 38.2 Å². The van der Waals surface area contributed by atoms with E-state index in [1.165, 1.54) is 0 Å². The Morgan fingerprint density at radius 3 is 2.60 bits per heavy atom. The zero-order chi connectivity index (χ0) is 15.3. The number of allylic oxidation sites excluding steroid dienone is 2. The van der Waals surface area contributed by atoms with E-state index >= 15 is 0 Å². The third-order valence-electron chi connectivity index (χ3n) is 2.66. The molecular formula is C13H17Cl3O4. The molecule has 7 heteroatoms. The fourth-order valence-corrected chi connectivity index (χ4v) is 1.81. The number of carbonyl (C=O) groups excluding carboxylic acids is 1.